The number of para-hydroxylation sites is 1. The van der Waals surface area contributed by atoms with Crippen molar-refractivity contribution in [1.82, 2.24) is 0 Å². The monoisotopic (exact) mass is 238 g/mol. The van der Waals surface area contributed by atoms with E-state index in [1.165, 1.54) is 11.1 Å². The molecule has 0 aliphatic rings. The van der Waals surface area contributed by atoms with Crippen LogP contribution in [-0.4, -0.2) is 7.11 Å². The summed E-state index contributed by atoms with van der Waals surface area (Å²) in [5, 5.41) is 0. The number of benzene rings is 2. The molecule has 0 saturated carbocycles. The maximum absolute atomic E-state index is 5.31. The number of hydrogen-bond acceptors (Lipinski definition) is 1. The molecular weight excluding hydrogens is 220 g/mol. The molecule has 0 heterocycles. The zero-order chi connectivity index (χ0) is 12.8. The second kappa shape index (κ2) is 6.06. The fourth-order valence-electron chi connectivity index (χ4n) is 1.85. The van der Waals surface area contributed by atoms with Crippen LogP contribution in [0.15, 0.2) is 54.6 Å². The summed E-state index contributed by atoms with van der Waals surface area (Å²) < 4.78 is 5.31. The standard InChI is InChI=1S/C17H18O/c1-14-10-12-15(13-11-14)6-5-8-16-7-3-4-9-17(16)18-2/h3-5,7-13H,6H2,1-2H3/b8-5+. The molecule has 0 aromatic heterocycles. The van der Waals surface area contributed by atoms with Crippen molar-refractivity contribution in [3.05, 3.63) is 71.3 Å². The molecule has 1 heteroatoms. The van der Waals surface area contributed by atoms with Gasteiger partial charge in [0.15, 0.2) is 0 Å². The predicted octanol–water partition coefficient (Wildman–Crippen LogP) is 4.26. The molecule has 0 atom stereocenters. The Labute approximate surface area is 109 Å². The van der Waals surface area contributed by atoms with Gasteiger partial charge in [-0.25, -0.2) is 0 Å². The first-order valence-electron chi connectivity index (χ1n) is 6.14. The zero-order valence-electron chi connectivity index (χ0n) is 10.9. The van der Waals surface area contributed by atoms with Gasteiger partial charge in [0.25, 0.3) is 0 Å². The van der Waals surface area contributed by atoms with Crippen molar-refractivity contribution < 1.29 is 4.74 Å². The summed E-state index contributed by atoms with van der Waals surface area (Å²) in [5.74, 6) is 0.914. The van der Waals surface area contributed by atoms with Gasteiger partial charge in [-0.15, -0.1) is 0 Å². The molecule has 0 aliphatic carbocycles. The molecule has 2 aromatic carbocycles. The lowest BCUT2D eigenvalue weighted by Gasteiger charge is -2.03. The minimum absolute atomic E-state index is 0.914. The van der Waals surface area contributed by atoms with Crippen LogP contribution < -0.4 is 4.74 Å². The summed E-state index contributed by atoms with van der Waals surface area (Å²) in [7, 11) is 1.70. The summed E-state index contributed by atoms with van der Waals surface area (Å²) >= 11 is 0. The van der Waals surface area contributed by atoms with E-state index < -0.39 is 0 Å². The van der Waals surface area contributed by atoms with Crippen molar-refractivity contribution in [3.8, 4) is 5.75 Å². The summed E-state index contributed by atoms with van der Waals surface area (Å²) in [4.78, 5) is 0. The van der Waals surface area contributed by atoms with E-state index in [2.05, 4.69) is 49.4 Å². The number of rotatable bonds is 4. The third-order valence-corrected chi connectivity index (χ3v) is 2.91. The Hall–Kier alpha value is -2.02. The number of methoxy groups -OCH3 is 1. The van der Waals surface area contributed by atoms with Crippen LogP contribution in [0.5, 0.6) is 5.75 Å². The fourth-order valence-corrected chi connectivity index (χ4v) is 1.85. The van der Waals surface area contributed by atoms with Crippen LogP contribution in [0.2, 0.25) is 0 Å². The Balaban J connectivity index is 2.05. The first-order valence-corrected chi connectivity index (χ1v) is 6.14. The molecule has 0 N–H and O–H groups in total. The largest absolute Gasteiger partial charge is 0.496 e. The average Bonchev–Trinajstić information content (AvgIpc) is 2.41. The minimum Gasteiger partial charge on any atom is -0.496 e. The van der Waals surface area contributed by atoms with Gasteiger partial charge in [0.05, 0.1) is 7.11 Å². The highest BCUT2D eigenvalue weighted by Crippen LogP contribution is 2.19. The smallest absolute Gasteiger partial charge is 0.126 e. The van der Waals surface area contributed by atoms with Crippen LogP contribution >= 0.6 is 0 Å². The third-order valence-electron chi connectivity index (χ3n) is 2.91. The number of hydrogen-bond donors (Lipinski definition) is 0. The van der Waals surface area contributed by atoms with Crippen molar-refractivity contribution in [1.29, 1.82) is 0 Å². The van der Waals surface area contributed by atoms with Crippen LogP contribution in [0.25, 0.3) is 6.08 Å². The Morgan fingerprint density at radius 2 is 1.72 bits per heavy atom. The van der Waals surface area contributed by atoms with Crippen molar-refractivity contribution in [2.45, 2.75) is 13.3 Å². The van der Waals surface area contributed by atoms with E-state index in [0.29, 0.717) is 0 Å². The lowest BCUT2D eigenvalue weighted by atomic mass is 10.1. The fraction of sp³-hybridized carbons (Fsp3) is 0.176. The molecule has 0 unspecified atom stereocenters. The van der Waals surface area contributed by atoms with E-state index in [9.17, 15) is 0 Å². The number of allylic oxidation sites excluding steroid dienone is 1. The molecule has 92 valence electrons. The van der Waals surface area contributed by atoms with Gasteiger partial charge in [0.2, 0.25) is 0 Å². The van der Waals surface area contributed by atoms with E-state index in [0.717, 1.165) is 17.7 Å². The maximum atomic E-state index is 5.31. The van der Waals surface area contributed by atoms with E-state index in [-0.39, 0.29) is 0 Å². The van der Waals surface area contributed by atoms with E-state index >= 15 is 0 Å². The van der Waals surface area contributed by atoms with Crippen molar-refractivity contribution in [2.24, 2.45) is 0 Å². The van der Waals surface area contributed by atoms with Crippen molar-refractivity contribution in [2.75, 3.05) is 7.11 Å². The lowest BCUT2D eigenvalue weighted by Crippen LogP contribution is -1.86. The van der Waals surface area contributed by atoms with Gasteiger partial charge in [-0.05, 0) is 25.0 Å². The van der Waals surface area contributed by atoms with E-state index in [1.807, 2.05) is 18.2 Å². The molecule has 0 aliphatic heterocycles. The molecule has 0 saturated heterocycles. The van der Waals surface area contributed by atoms with Crippen LogP contribution in [-0.2, 0) is 6.42 Å². The maximum Gasteiger partial charge on any atom is 0.126 e. The first-order chi connectivity index (χ1) is 8.79. The van der Waals surface area contributed by atoms with Gasteiger partial charge in [0.1, 0.15) is 5.75 Å². The van der Waals surface area contributed by atoms with Gasteiger partial charge < -0.3 is 4.74 Å². The second-order valence-corrected chi connectivity index (χ2v) is 4.33. The van der Waals surface area contributed by atoms with E-state index in [4.69, 9.17) is 4.74 Å². The van der Waals surface area contributed by atoms with Gasteiger partial charge >= 0.3 is 0 Å². The predicted molar refractivity (Wildman–Crippen MR) is 76.9 cm³/mol. The van der Waals surface area contributed by atoms with Gasteiger partial charge in [0, 0.05) is 5.56 Å². The molecule has 1 nitrogen and oxygen atoms in total. The summed E-state index contributed by atoms with van der Waals surface area (Å²) in [6.07, 6.45) is 5.22. The molecule has 0 amide bonds. The Bertz CT molecular complexity index is 524. The Kier molecular flexibility index (Phi) is 4.19. The molecule has 0 spiro atoms. The van der Waals surface area contributed by atoms with Gasteiger partial charge in [-0.3, -0.25) is 0 Å². The Morgan fingerprint density at radius 3 is 2.44 bits per heavy atom. The molecule has 2 aromatic rings. The minimum atomic E-state index is 0.914. The van der Waals surface area contributed by atoms with Crippen LogP contribution in [0.1, 0.15) is 16.7 Å². The zero-order valence-corrected chi connectivity index (χ0v) is 10.9. The summed E-state index contributed by atoms with van der Waals surface area (Å²) in [6.45, 7) is 2.11. The number of ether oxygens (including phenoxy) is 1. The highest BCUT2D eigenvalue weighted by atomic mass is 16.5. The van der Waals surface area contributed by atoms with Crippen LogP contribution in [0.3, 0.4) is 0 Å². The quantitative estimate of drug-likeness (QED) is 0.773. The van der Waals surface area contributed by atoms with E-state index in [1.54, 1.807) is 7.11 Å². The molecule has 18 heavy (non-hydrogen) atoms. The van der Waals surface area contributed by atoms with Crippen LogP contribution in [0, 0.1) is 6.92 Å². The average molecular weight is 238 g/mol. The SMILES string of the molecule is COc1ccccc1/C=C/Cc1ccc(C)cc1. The van der Waals surface area contributed by atoms with Gasteiger partial charge in [-0.1, -0.05) is 60.2 Å². The highest BCUT2D eigenvalue weighted by molar-refractivity contribution is 5.57. The second-order valence-electron chi connectivity index (χ2n) is 4.33. The lowest BCUT2D eigenvalue weighted by molar-refractivity contribution is 0.414. The van der Waals surface area contributed by atoms with Crippen molar-refractivity contribution >= 4 is 6.08 Å². The Morgan fingerprint density at radius 1 is 1.00 bits per heavy atom. The first kappa shape index (κ1) is 12.4. The summed E-state index contributed by atoms with van der Waals surface area (Å²) in [6, 6.07) is 16.7. The molecule has 2 rings (SSSR count). The molecule has 0 radical (unpaired) electrons. The highest BCUT2D eigenvalue weighted by Gasteiger charge is 1.96. The molecule has 0 bridgehead atoms. The van der Waals surface area contributed by atoms with Crippen molar-refractivity contribution in [3.63, 3.8) is 0 Å². The number of aryl methyl sites for hydroxylation is 1. The summed E-state index contributed by atoms with van der Waals surface area (Å²) in [5.41, 5.74) is 3.74. The van der Waals surface area contributed by atoms with Crippen LogP contribution in [0.4, 0.5) is 0 Å². The third kappa shape index (κ3) is 3.24. The van der Waals surface area contributed by atoms with Gasteiger partial charge in [-0.2, -0.15) is 0 Å². The molecular formula is C17H18O. The topological polar surface area (TPSA) is 9.23 Å². The molecule has 0 fully saturated rings. The normalized spacial score (nSPS) is 10.8.